The molecule has 7 nitrogen and oxygen atoms in total. The first-order valence-electron chi connectivity index (χ1n) is 4.82. The lowest BCUT2D eigenvalue weighted by Gasteiger charge is -2.21. The molecule has 0 fully saturated rings. The lowest BCUT2D eigenvalue weighted by Crippen LogP contribution is -2.42. The summed E-state index contributed by atoms with van der Waals surface area (Å²) in [6.07, 6.45) is -4.02. The summed E-state index contributed by atoms with van der Waals surface area (Å²) in [7, 11) is -4.58. The summed E-state index contributed by atoms with van der Waals surface area (Å²) in [5.74, 6) is -1.69. The van der Waals surface area contributed by atoms with Crippen molar-refractivity contribution in [3.63, 3.8) is 0 Å². The number of rotatable bonds is 5. The molecule has 1 aromatic rings. The Morgan fingerprint density at radius 1 is 1.53 bits per heavy atom. The number of halogens is 3. The summed E-state index contributed by atoms with van der Waals surface area (Å²) in [5, 5.41) is 14.2. The molecule has 0 aromatic carbocycles. The van der Waals surface area contributed by atoms with E-state index in [1.807, 2.05) is 0 Å². The number of carboxylic acid groups (broad SMARTS) is 1. The molecule has 0 aliphatic rings. The van der Waals surface area contributed by atoms with Gasteiger partial charge in [0.05, 0.1) is 11.9 Å². The molecule has 0 saturated carbocycles. The van der Waals surface area contributed by atoms with Crippen LogP contribution in [0.1, 0.15) is 5.69 Å². The highest BCUT2D eigenvalue weighted by Crippen LogP contribution is 2.23. The van der Waals surface area contributed by atoms with Crippen molar-refractivity contribution in [3.8, 4) is 0 Å². The lowest BCUT2D eigenvalue weighted by atomic mass is 10.5. The van der Waals surface area contributed by atoms with Crippen molar-refractivity contribution >= 4 is 16.0 Å². The van der Waals surface area contributed by atoms with Crippen LogP contribution in [0, 0.1) is 6.92 Å². The fraction of sp³-hybridized carbons (Fsp3) is 0.500. The molecule has 0 atom stereocenters. The van der Waals surface area contributed by atoms with Crippen LogP contribution in [0.2, 0.25) is 0 Å². The van der Waals surface area contributed by atoms with Gasteiger partial charge in [-0.05, 0) is 6.92 Å². The SMILES string of the molecule is Cc1[nH]ncc1S(=O)(=O)N(CC(=O)O)CC(F)(F)F. The Balaban J connectivity index is 3.17. The first-order chi connectivity index (χ1) is 8.54. The van der Waals surface area contributed by atoms with E-state index in [0.29, 0.717) is 0 Å². The second kappa shape index (κ2) is 5.17. The second-order valence-electron chi connectivity index (χ2n) is 3.64. The molecule has 0 saturated heterocycles. The number of nitrogens with zero attached hydrogens (tertiary/aromatic N) is 2. The molecule has 2 N–H and O–H groups in total. The second-order valence-corrected chi connectivity index (χ2v) is 5.55. The number of aryl methyl sites for hydroxylation is 1. The number of carbonyl (C=O) groups is 1. The van der Waals surface area contributed by atoms with E-state index < -0.39 is 40.2 Å². The Labute approximate surface area is 106 Å². The van der Waals surface area contributed by atoms with Crippen molar-refractivity contribution in [1.29, 1.82) is 0 Å². The minimum absolute atomic E-state index is 0.0255. The van der Waals surface area contributed by atoms with Crippen LogP contribution in [0.25, 0.3) is 0 Å². The van der Waals surface area contributed by atoms with E-state index in [1.54, 1.807) is 0 Å². The van der Waals surface area contributed by atoms with Crippen LogP contribution in [0.5, 0.6) is 0 Å². The Morgan fingerprint density at radius 3 is 2.47 bits per heavy atom. The van der Waals surface area contributed by atoms with Gasteiger partial charge in [0.25, 0.3) is 0 Å². The Kier molecular flexibility index (Phi) is 4.20. The van der Waals surface area contributed by atoms with Gasteiger partial charge in [0.1, 0.15) is 18.0 Å². The number of hydrogen-bond acceptors (Lipinski definition) is 4. The topological polar surface area (TPSA) is 103 Å². The van der Waals surface area contributed by atoms with Crippen molar-refractivity contribution in [2.75, 3.05) is 13.1 Å². The van der Waals surface area contributed by atoms with Crippen LogP contribution in [0.4, 0.5) is 13.2 Å². The van der Waals surface area contributed by atoms with Crippen LogP contribution in [0.3, 0.4) is 0 Å². The summed E-state index contributed by atoms with van der Waals surface area (Å²) in [4.78, 5) is 10.0. The average molecular weight is 301 g/mol. The Morgan fingerprint density at radius 2 is 2.11 bits per heavy atom. The molecule has 11 heteroatoms. The maximum Gasteiger partial charge on any atom is 0.402 e. The van der Waals surface area contributed by atoms with Crippen molar-refractivity contribution in [3.05, 3.63) is 11.9 Å². The molecule has 1 heterocycles. The molecular formula is C8H10F3N3O4S. The van der Waals surface area contributed by atoms with Crippen LogP contribution < -0.4 is 0 Å². The highest BCUT2D eigenvalue weighted by Gasteiger charge is 2.39. The van der Waals surface area contributed by atoms with E-state index in [1.165, 1.54) is 6.92 Å². The fourth-order valence-electron chi connectivity index (χ4n) is 1.32. The zero-order valence-electron chi connectivity index (χ0n) is 9.60. The van der Waals surface area contributed by atoms with Gasteiger partial charge in [0.2, 0.25) is 10.0 Å². The van der Waals surface area contributed by atoms with E-state index in [2.05, 4.69) is 10.2 Å². The zero-order valence-corrected chi connectivity index (χ0v) is 10.4. The highest BCUT2D eigenvalue weighted by molar-refractivity contribution is 7.89. The molecular weight excluding hydrogens is 291 g/mol. The number of aliphatic carboxylic acids is 1. The van der Waals surface area contributed by atoms with Crippen molar-refractivity contribution in [2.24, 2.45) is 0 Å². The smallest absolute Gasteiger partial charge is 0.402 e. The predicted octanol–water partition coefficient (Wildman–Crippen LogP) is 0.356. The molecule has 0 radical (unpaired) electrons. The fourth-order valence-corrected chi connectivity index (χ4v) is 2.81. The quantitative estimate of drug-likeness (QED) is 0.817. The van der Waals surface area contributed by atoms with Gasteiger partial charge >= 0.3 is 12.1 Å². The van der Waals surface area contributed by atoms with Gasteiger partial charge in [-0.15, -0.1) is 0 Å². The molecule has 19 heavy (non-hydrogen) atoms. The molecule has 0 bridgehead atoms. The van der Waals surface area contributed by atoms with Crippen LogP contribution in [-0.2, 0) is 14.8 Å². The van der Waals surface area contributed by atoms with Crippen LogP contribution >= 0.6 is 0 Å². The normalized spacial score (nSPS) is 12.9. The first-order valence-corrected chi connectivity index (χ1v) is 6.26. The molecule has 1 rings (SSSR count). The summed E-state index contributed by atoms with van der Waals surface area (Å²) < 4.78 is 60.6. The summed E-state index contributed by atoms with van der Waals surface area (Å²) in [5.41, 5.74) is 0.0255. The van der Waals surface area contributed by atoms with E-state index >= 15 is 0 Å². The van der Waals surface area contributed by atoms with Gasteiger partial charge < -0.3 is 5.11 Å². The standard InChI is InChI=1S/C8H10F3N3O4S/c1-5-6(2-12-13-5)19(17,18)14(3-7(15)16)4-8(9,10)11/h2H,3-4H2,1H3,(H,12,13)(H,15,16). The lowest BCUT2D eigenvalue weighted by molar-refractivity contribution is -0.146. The van der Waals surface area contributed by atoms with Gasteiger partial charge in [-0.1, -0.05) is 0 Å². The molecule has 0 spiro atoms. The van der Waals surface area contributed by atoms with Crippen LogP contribution in [-0.4, -0.2) is 53.3 Å². The van der Waals surface area contributed by atoms with Gasteiger partial charge in [0.15, 0.2) is 0 Å². The Hall–Kier alpha value is -1.62. The molecule has 0 aliphatic carbocycles. The predicted molar refractivity (Wildman–Crippen MR) is 55.8 cm³/mol. The van der Waals surface area contributed by atoms with Gasteiger partial charge in [0, 0.05) is 0 Å². The van der Waals surface area contributed by atoms with Crippen molar-refractivity contribution in [2.45, 2.75) is 18.0 Å². The highest BCUT2D eigenvalue weighted by atomic mass is 32.2. The van der Waals surface area contributed by atoms with Gasteiger partial charge in [-0.3, -0.25) is 9.89 Å². The number of aromatic amines is 1. The first kappa shape index (κ1) is 15.4. The summed E-state index contributed by atoms with van der Waals surface area (Å²) in [6.45, 7) is -1.87. The number of aromatic nitrogens is 2. The zero-order chi connectivity index (χ0) is 14.8. The molecule has 0 aliphatic heterocycles. The largest absolute Gasteiger partial charge is 0.480 e. The maximum absolute atomic E-state index is 12.3. The number of nitrogens with one attached hydrogen (secondary N) is 1. The third-order valence-electron chi connectivity index (χ3n) is 2.07. The molecule has 108 valence electrons. The summed E-state index contributed by atoms with van der Waals surface area (Å²) >= 11 is 0. The molecule has 1 aromatic heterocycles. The minimum atomic E-state index is -4.85. The monoisotopic (exact) mass is 301 g/mol. The molecule has 0 unspecified atom stereocenters. The number of carboxylic acids is 1. The van der Waals surface area contributed by atoms with Crippen LogP contribution in [0.15, 0.2) is 11.1 Å². The van der Waals surface area contributed by atoms with E-state index in [4.69, 9.17) is 5.11 Å². The molecule has 0 amide bonds. The average Bonchev–Trinajstić information content (AvgIpc) is 2.61. The van der Waals surface area contributed by atoms with Gasteiger partial charge in [-0.2, -0.15) is 22.6 Å². The summed E-state index contributed by atoms with van der Waals surface area (Å²) in [6, 6.07) is 0. The third kappa shape index (κ3) is 3.92. The number of H-pyrrole nitrogens is 1. The third-order valence-corrected chi connectivity index (χ3v) is 3.97. The Bertz CT molecular complexity index is 566. The number of alkyl halides is 3. The van der Waals surface area contributed by atoms with E-state index in [0.717, 1.165) is 6.20 Å². The van der Waals surface area contributed by atoms with Crippen molar-refractivity contribution in [1.82, 2.24) is 14.5 Å². The number of hydrogen-bond donors (Lipinski definition) is 2. The van der Waals surface area contributed by atoms with Gasteiger partial charge in [-0.25, -0.2) is 8.42 Å². The number of sulfonamides is 1. The maximum atomic E-state index is 12.3. The van der Waals surface area contributed by atoms with Crippen molar-refractivity contribution < 1.29 is 31.5 Å². The van der Waals surface area contributed by atoms with E-state index in [9.17, 15) is 26.4 Å². The van der Waals surface area contributed by atoms with E-state index in [-0.39, 0.29) is 10.00 Å². The minimum Gasteiger partial charge on any atom is -0.480 e.